The molecule has 1 aromatic rings. The van der Waals surface area contributed by atoms with E-state index in [-0.39, 0.29) is 17.4 Å². The number of benzene rings is 1. The van der Waals surface area contributed by atoms with Crippen LogP contribution in [0.1, 0.15) is 26.2 Å². The lowest BCUT2D eigenvalue weighted by molar-refractivity contribution is -0.116. The third-order valence-corrected chi connectivity index (χ3v) is 2.42. The molecule has 1 amide bonds. The van der Waals surface area contributed by atoms with Gasteiger partial charge in [-0.15, -0.1) is 0 Å². The highest BCUT2D eigenvalue weighted by atomic mass is 19.3. The first-order chi connectivity index (χ1) is 9.06. The summed E-state index contributed by atoms with van der Waals surface area (Å²) in [4.78, 5) is 11.5. The number of methoxy groups -OCH3 is 1. The summed E-state index contributed by atoms with van der Waals surface area (Å²) in [7, 11) is 1.35. The van der Waals surface area contributed by atoms with Gasteiger partial charge in [0, 0.05) is 18.2 Å². The van der Waals surface area contributed by atoms with Crippen molar-refractivity contribution in [2.75, 3.05) is 12.4 Å². The maximum atomic E-state index is 12.2. The number of hydrogen-bond donors (Lipinski definition) is 1. The van der Waals surface area contributed by atoms with E-state index >= 15 is 0 Å². The first-order valence-corrected chi connectivity index (χ1v) is 5.99. The zero-order valence-electron chi connectivity index (χ0n) is 10.9. The summed E-state index contributed by atoms with van der Waals surface area (Å²) in [5, 5.41) is 2.62. The van der Waals surface area contributed by atoms with Gasteiger partial charge in [0.05, 0.1) is 7.11 Å². The highest BCUT2D eigenvalue weighted by Crippen LogP contribution is 2.31. The van der Waals surface area contributed by atoms with Gasteiger partial charge in [0.15, 0.2) is 11.5 Å². The van der Waals surface area contributed by atoms with Crippen molar-refractivity contribution in [1.29, 1.82) is 0 Å². The Kier molecular flexibility index (Phi) is 6.05. The number of carbonyl (C=O) groups is 1. The first kappa shape index (κ1) is 15.2. The minimum atomic E-state index is -2.94. The van der Waals surface area contributed by atoms with E-state index in [2.05, 4.69) is 10.1 Å². The lowest BCUT2D eigenvalue weighted by Gasteiger charge is -2.12. The maximum Gasteiger partial charge on any atom is 0.387 e. The summed E-state index contributed by atoms with van der Waals surface area (Å²) in [5.74, 6) is -0.0762. The number of alkyl halides is 2. The number of anilines is 1. The molecular weight excluding hydrogens is 256 g/mol. The third-order valence-electron chi connectivity index (χ3n) is 2.42. The molecule has 6 heteroatoms. The average molecular weight is 273 g/mol. The van der Waals surface area contributed by atoms with E-state index in [0.717, 1.165) is 12.8 Å². The number of ether oxygens (including phenoxy) is 2. The second-order valence-electron chi connectivity index (χ2n) is 3.90. The van der Waals surface area contributed by atoms with Gasteiger partial charge >= 0.3 is 6.61 Å². The molecule has 0 bridgehead atoms. The molecule has 1 rings (SSSR count). The monoisotopic (exact) mass is 273 g/mol. The summed E-state index contributed by atoms with van der Waals surface area (Å²) in [6, 6.07) is 4.35. The van der Waals surface area contributed by atoms with Gasteiger partial charge in [-0.2, -0.15) is 8.78 Å². The summed E-state index contributed by atoms with van der Waals surface area (Å²) in [5.41, 5.74) is 0.401. The van der Waals surface area contributed by atoms with Gasteiger partial charge < -0.3 is 14.8 Å². The molecule has 0 spiro atoms. The van der Waals surface area contributed by atoms with Gasteiger partial charge in [0.1, 0.15) is 0 Å². The molecular formula is C13H17F2NO3. The highest BCUT2D eigenvalue weighted by molar-refractivity contribution is 5.91. The van der Waals surface area contributed by atoms with Crippen molar-refractivity contribution in [2.45, 2.75) is 32.8 Å². The van der Waals surface area contributed by atoms with Crippen LogP contribution in [0.25, 0.3) is 0 Å². The minimum absolute atomic E-state index is 0.106. The first-order valence-electron chi connectivity index (χ1n) is 5.99. The van der Waals surface area contributed by atoms with E-state index in [9.17, 15) is 13.6 Å². The van der Waals surface area contributed by atoms with Crippen molar-refractivity contribution in [1.82, 2.24) is 0 Å². The van der Waals surface area contributed by atoms with Crippen LogP contribution in [0.4, 0.5) is 14.5 Å². The molecule has 0 radical (unpaired) electrons. The molecule has 4 nitrogen and oxygen atoms in total. The van der Waals surface area contributed by atoms with E-state index in [0.29, 0.717) is 12.1 Å². The Morgan fingerprint density at radius 2 is 2.11 bits per heavy atom. The Morgan fingerprint density at radius 1 is 1.37 bits per heavy atom. The Bertz CT molecular complexity index is 424. The van der Waals surface area contributed by atoms with Crippen molar-refractivity contribution < 1.29 is 23.0 Å². The van der Waals surface area contributed by atoms with Crippen LogP contribution in [0.2, 0.25) is 0 Å². The molecule has 19 heavy (non-hydrogen) atoms. The van der Waals surface area contributed by atoms with Crippen LogP contribution in [0.3, 0.4) is 0 Å². The number of halogens is 2. The number of hydrogen-bond acceptors (Lipinski definition) is 3. The van der Waals surface area contributed by atoms with Crippen LogP contribution < -0.4 is 14.8 Å². The normalized spacial score (nSPS) is 10.4. The quantitative estimate of drug-likeness (QED) is 0.828. The van der Waals surface area contributed by atoms with Gasteiger partial charge in [-0.3, -0.25) is 4.79 Å². The molecule has 0 fully saturated rings. The third kappa shape index (κ3) is 5.11. The van der Waals surface area contributed by atoms with Crippen molar-refractivity contribution in [2.24, 2.45) is 0 Å². The fraction of sp³-hybridized carbons (Fsp3) is 0.462. The van der Waals surface area contributed by atoms with Gasteiger partial charge in [-0.05, 0) is 18.6 Å². The Hall–Kier alpha value is -1.85. The van der Waals surface area contributed by atoms with Crippen molar-refractivity contribution in [3.05, 3.63) is 18.2 Å². The SMILES string of the molecule is CCCCC(=O)Nc1ccc(OC)c(OC(F)F)c1. The summed E-state index contributed by atoms with van der Waals surface area (Å²) in [6.07, 6.45) is 2.09. The topological polar surface area (TPSA) is 47.6 Å². The molecule has 0 aliphatic rings. The van der Waals surface area contributed by atoms with Crippen molar-refractivity contribution in [3.8, 4) is 11.5 Å². The van der Waals surface area contributed by atoms with Crippen LogP contribution in [0.15, 0.2) is 18.2 Å². The standard InChI is InChI=1S/C13H17F2NO3/c1-3-4-5-12(17)16-9-6-7-10(18-2)11(8-9)19-13(14)15/h6-8,13H,3-5H2,1-2H3,(H,16,17). The van der Waals surface area contributed by atoms with Crippen LogP contribution in [-0.4, -0.2) is 19.6 Å². The molecule has 0 aromatic heterocycles. The summed E-state index contributed by atoms with van der Waals surface area (Å²) in [6.45, 7) is -0.963. The van der Waals surface area contributed by atoms with E-state index in [1.54, 1.807) is 6.07 Å². The predicted molar refractivity (Wildman–Crippen MR) is 67.8 cm³/mol. The smallest absolute Gasteiger partial charge is 0.387 e. The lowest BCUT2D eigenvalue weighted by Crippen LogP contribution is -2.11. The number of rotatable bonds is 7. The summed E-state index contributed by atoms with van der Waals surface area (Å²) < 4.78 is 33.7. The van der Waals surface area contributed by atoms with Crippen LogP contribution in [0.5, 0.6) is 11.5 Å². The predicted octanol–water partition coefficient (Wildman–Crippen LogP) is 3.43. The fourth-order valence-electron chi connectivity index (χ4n) is 1.50. The Balaban J connectivity index is 2.77. The molecule has 0 aliphatic carbocycles. The van der Waals surface area contributed by atoms with Crippen LogP contribution >= 0.6 is 0 Å². The van der Waals surface area contributed by atoms with Gasteiger partial charge in [-0.1, -0.05) is 13.3 Å². The van der Waals surface area contributed by atoms with Crippen LogP contribution in [0, 0.1) is 0 Å². The minimum Gasteiger partial charge on any atom is -0.493 e. The zero-order valence-corrected chi connectivity index (χ0v) is 10.9. The second kappa shape index (κ2) is 7.56. The zero-order chi connectivity index (χ0) is 14.3. The highest BCUT2D eigenvalue weighted by Gasteiger charge is 2.12. The molecule has 1 N–H and O–H groups in total. The van der Waals surface area contributed by atoms with Crippen molar-refractivity contribution in [3.63, 3.8) is 0 Å². The average Bonchev–Trinajstić information content (AvgIpc) is 2.36. The molecule has 0 unspecified atom stereocenters. The number of unbranched alkanes of at least 4 members (excludes halogenated alkanes) is 1. The van der Waals surface area contributed by atoms with E-state index in [4.69, 9.17) is 4.74 Å². The largest absolute Gasteiger partial charge is 0.493 e. The molecule has 0 heterocycles. The van der Waals surface area contributed by atoms with Gasteiger partial charge in [0.2, 0.25) is 5.91 Å². The number of nitrogens with one attached hydrogen (secondary N) is 1. The molecule has 1 aromatic carbocycles. The van der Waals surface area contributed by atoms with Gasteiger partial charge in [0.25, 0.3) is 0 Å². The fourth-order valence-corrected chi connectivity index (χ4v) is 1.50. The van der Waals surface area contributed by atoms with E-state index in [1.165, 1.54) is 19.2 Å². The Morgan fingerprint density at radius 3 is 2.68 bits per heavy atom. The number of amides is 1. The maximum absolute atomic E-state index is 12.2. The molecule has 0 atom stereocenters. The summed E-state index contributed by atoms with van der Waals surface area (Å²) >= 11 is 0. The van der Waals surface area contributed by atoms with Crippen LogP contribution in [-0.2, 0) is 4.79 Å². The van der Waals surface area contributed by atoms with Gasteiger partial charge in [-0.25, -0.2) is 0 Å². The second-order valence-corrected chi connectivity index (χ2v) is 3.90. The molecule has 0 aliphatic heterocycles. The molecule has 106 valence electrons. The van der Waals surface area contributed by atoms with E-state index in [1.807, 2.05) is 6.92 Å². The molecule has 0 saturated carbocycles. The molecule has 0 saturated heterocycles. The van der Waals surface area contributed by atoms with Crippen molar-refractivity contribution >= 4 is 11.6 Å². The van der Waals surface area contributed by atoms with E-state index < -0.39 is 6.61 Å². The Labute approximate surface area is 110 Å². The number of carbonyl (C=O) groups excluding carboxylic acids is 1. The lowest BCUT2D eigenvalue weighted by atomic mass is 10.2.